The Balaban J connectivity index is 2.45. The van der Waals surface area contributed by atoms with Gasteiger partial charge in [-0.1, -0.05) is 0 Å². The lowest BCUT2D eigenvalue weighted by molar-refractivity contribution is -0.129. The van der Waals surface area contributed by atoms with E-state index in [2.05, 4.69) is 4.98 Å². The van der Waals surface area contributed by atoms with Gasteiger partial charge in [0.25, 0.3) is 0 Å². The number of hydrogen-bond acceptors (Lipinski definition) is 4. The molecule has 1 aromatic heterocycles. The minimum absolute atomic E-state index is 0.00977. The van der Waals surface area contributed by atoms with Crippen LogP contribution in [-0.4, -0.2) is 29.4 Å². The molecule has 80 valence electrons. The van der Waals surface area contributed by atoms with Crippen molar-refractivity contribution in [3.63, 3.8) is 0 Å². The predicted molar refractivity (Wildman–Crippen MR) is 58.4 cm³/mol. The van der Waals surface area contributed by atoms with Crippen molar-refractivity contribution in [1.29, 1.82) is 5.26 Å². The Kier molecular flexibility index (Phi) is 4.25. The topological polar surface area (TPSA) is 57.0 Å². The average molecular weight is 223 g/mol. The molecule has 0 spiro atoms. The van der Waals surface area contributed by atoms with Gasteiger partial charge in [-0.3, -0.25) is 4.79 Å². The van der Waals surface area contributed by atoms with Crippen molar-refractivity contribution in [1.82, 2.24) is 9.88 Å². The van der Waals surface area contributed by atoms with Crippen molar-refractivity contribution in [2.24, 2.45) is 0 Å². The summed E-state index contributed by atoms with van der Waals surface area (Å²) in [5.41, 5.74) is 0.811. The van der Waals surface area contributed by atoms with Crippen LogP contribution in [0, 0.1) is 18.3 Å². The van der Waals surface area contributed by atoms with Crippen LogP contribution >= 0.6 is 11.3 Å². The standard InChI is InChI=1S/C10H13N3OS/c1-8-12-9(7-15-8)6-10(14)13(2)5-3-4-11/h7H,3,5-6H2,1-2H3. The van der Waals surface area contributed by atoms with Gasteiger partial charge in [0.1, 0.15) is 0 Å². The van der Waals surface area contributed by atoms with E-state index >= 15 is 0 Å². The molecule has 0 aliphatic rings. The molecule has 5 heteroatoms. The quantitative estimate of drug-likeness (QED) is 0.774. The number of hydrogen-bond donors (Lipinski definition) is 0. The number of rotatable bonds is 4. The number of carbonyl (C=O) groups is 1. The number of likely N-dealkylation sites (N-methyl/N-ethyl adjacent to an activating group) is 1. The van der Waals surface area contributed by atoms with Crippen LogP contribution in [0.5, 0.6) is 0 Å². The van der Waals surface area contributed by atoms with E-state index in [0.717, 1.165) is 10.7 Å². The van der Waals surface area contributed by atoms with Gasteiger partial charge in [-0.25, -0.2) is 4.98 Å². The van der Waals surface area contributed by atoms with Crippen molar-refractivity contribution >= 4 is 17.2 Å². The molecule has 0 saturated heterocycles. The molecule has 0 atom stereocenters. The molecule has 0 saturated carbocycles. The lowest BCUT2D eigenvalue weighted by Crippen LogP contribution is -2.29. The van der Waals surface area contributed by atoms with Gasteiger partial charge in [0.2, 0.25) is 5.91 Å². The van der Waals surface area contributed by atoms with Gasteiger partial charge < -0.3 is 4.90 Å². The molecule has 0 aromatic carbocycles. The summed E-state index contributed by atoms with van der Waals surface area (Å²) in [6.07, 6.45) is 0.699. The third-order valence-corrected chi connectivity index (χ3v) is 2.81. The molecular formula is C10H13N3OS. The summed E-state index contributed by atoms with van der Waals surface area (Å²) in [6.45, 7) is 2.40. The van der Waals surface area contributed by atoms with E-state index in [1.165, 1.54) is 0 Å². The van der Waals surface area contributed by atoms with Crippen LogP contribution in [0.25, 0.3) is 0 Å². The second kappa shape index (κ2) is 5.47. The summed E-state index contributed by atoms with van der Waals surface area (Å²) in [4.78, 5) is 17.4. The highest BCUT2D eigenvalue weighted by Crippen LogP contribution is 2.09. The van der Waals surface area contributed by atoms with Crippen molar-refractivity contribution in [3.05, 3.63) is 16.1 Å². The van der Waals surface area contributed by atoms with E-state index in [0.29, 0.717) is 19.4 Å². The Bertz CT molecular complexity index is 380. The van der Waals surface area contributed by atoms with Crippen molar-refractivity contribution in [2.75, 3.05) is 13.6 Å². The molecule has 15 heavy (non-hydrogen) atoms. The van der Waals surface area contributed by atoms with Crippen LogP contribution in [0.2, 0.25) is 0 Å². The molecule has 0 radical (unpaired) electrons. The fraction of sp³-hybridized carbons (Fsp3) is 0.500. The van der Waals surface area contributed by atoms with Crippen molar-refractivity contribution in [2.45, 2.75) is 19.8 Å². The summed E-state index contributed by atoms with van der Waals surface area (Å²) in [7, 11) is 1.71. The van der Waals surface area contributed by atoms with Gasteiger partial charge in [-0.15, -0.1) is 11.3 Å². The van der Waals surface area contributed by atoms with E-state index in [4.69, 9.17) is 5.26 Å². The molecule has 1 heterocycles. The lowest BCUT2D eigenvalue weighted by Gasteiger charge is -2.14. The van der Waals surface area contributed by atoms with Gasteiger partial charge in [-0.05, 0) is 6.92 Å². The van der Waals surface area contributed by atoms with Gasteiger partial charge >= 0.3 is 0 Å². The molecule has 0 unspecified atom stereocenters. The number of aromatic nitrogens is 1. The highest BCUT2D eigenvalue weighted by atomic mass is 32.1. The van der Waals surface area contributed by atoms with Crippen LogP contribution in [0.1, 0.15) is 17.1 Å². The molecule has 0 aliphatic heterocycles. The first kappa shape index (κ1) is 11.7. The molecule has 0 N–H and O–H groups in total. The maximum absolute atomic E-state index is 11.6. The van der Waals surface area contributed by atoms with Gasteiger partial charge in [0.15, 0.2) is 0 Å². The van der Waals surface area contributed by atoms with Crippen molar-refractivity contribution < 1.29 is 4.79 Å². The Morgan fingerprint density at radius 1 is 1.73 bits per heavy atom. The number of aryl methyl sites for hydroxylation is 1. The van der Waals surface area contributed by atoms with E-state index in [1.807, 2.05) is 18.4 Å². The molecule has 0 fully saturated rings. The molecule has 0 aliphatic carbocycles. The van der Waals surface area contributed by atoms with E-state index in [9.17, 15) is 4.79 Å². The second-order valence-electron chi connectivity index (χ2n) is 3.26. The first-order valence-corrected chi connectivity index (χ1v) is 5.53. The monoisotopic (exact) mass is 223 g/mol. The molecule has 0 bridgehead atoms. The zero-order valence-electron chi connectivity index (χ0n) is 8.86. The van der Waals surface area contributed by atoms with Crippen LogP contribution < -0.4 is 0 Å². The second-order valence-corrected chi connectivity index (χ2v) is 4.32. The summed E-state index contributed by atoms with van der Waals surface area (Å²) in [6, 6.07) is 2.01. The fourth-order valence-electron chi connectivity index (χ4n) is 1.12. The lowest BCUT2D eigenvalue weighted by atomic mass is 10.3. The molecule has 1 rings (SSSR count). The number of nitriles is 1. The zero-order valence-corrected chi connectivity index (χ0v) is 9.67. The van der Waals surface area contributed by atoms with Crippen LogP contribution in [0.15, 0.2) is 5.38 Å². The van der Waals surface area contributed by atoms with Crippen LogP contribution in [-0.2, 0) is 11.2 Å². The largest absolute Gasteiger partial charge is 0.344 e. The molecular weight excluding hydrogens is 210 g/mol. The first-order chi connectivity index (χ1) is 7.13. The summed E-state index contributed by atoms with van der Waals surface area (Å²) < 4.78 is 0. The van der Waals surface area contributed by atoms with Gasteiger partial charge in [-0.2, -0.15) is 5.26 Å². The Morgan fingerprint density at radius 3 is 3.00 bits per heavy atom. The van der Waals surface area contributed by atoms with Crippen molar-refractivity contribution in [3.8, 4) is 6.07 Å². The third kappa shape index (κ3) is 3.68. The fourth-order valence-corrected chi connectivity index (χ4v) is 1.73. The predicted octanol–water partition coefficient (Wildman–Crippen LogP) is 1.37. The maximum Gasteiger partial charge on any atom is 0.228 e. The number of nitrogens with zero attached hydrogens (tertiary/aromatic N) is 3. The molecule has 1 aromatic rings. The smallest absolute Gasteiger partial charge is 0.228 e. The van der Waals surface area contributed by atoms with Crippen LogP contribution in [0.4, 0.5) is 0 Å². The Morgan fingerprint density at radius 2 is 2.47 bits per heavy atom. The zero-order chi connectivity index (χ0) is 11.3. The van der Waals surface area contributed by atoms with Gasteiger partial charge in [0, 0.05) is 19.0 Å². The third-order valence-electron chi connectivity index (χ3n) is 1.98. The maximum atomic E-state index is 11.6. The van der Waals surface area contributed by atoms with E-state index in [1.54, 1.807) is 23.3 Å². The molecule has 4 nitrogen and oxygen atoms in total. The average Bonchev–Trinajstić information content (AvgIpc) is 2.60. The highest BCUT2D eigenvalue weighted by Gasteiger charge is 2.10. The summed E-state index contributed by atoms with van der Waals surface area (Å²) in [5, 5.41) is 11.3. The first-order valence-electron chi connectivity index (χ1n) is 4.65. The van der Waals surface area contributed by atoms with E-state index in [-0.39, 0.29) is 5.91 Å². The summed E-state index contributed by atoms with van der Waals surface area (Å²) in [5.74, 6) is 0.00977. The number of amides is 1. The minimum atomic E-state index is 0.00977. The minimum Gasteiger partial charge on any atom is -0.344 e. The van der Waals surface area contributed by atoms with Gasteiger partial charge in [0.05, 0.1) is 29.6 Å². The highest BCUT2D eigenvalue weighted by molar-refractivity contribution is 7.09. The Hall–Kier alpha value is -1.41. The normalized spacial score (nSPS) is 9.67. The Labute approximate surface area is 93.2 Å². The summed E-state index contributed by atoms with van der Waals surface area (Å²) >= 11 is 1.54. The molecule has 1 amide bonds. The number of carbonyl (C=O) groups excluding carboxylic acids is 1. The SMILES string of the molecule is Cc1nc(CC(=O)N(C)CCC#N)cs1. The van der Waals surface area contributed by atoms with Crippen LogP contribution in [0.3, 0.4) is 0 Å². The number of thiazole rings is 1. The van der Waals surface area contributed by atoms with E-state index < -0.39 is 0 Å².